The van der Waals surface area contributed by atoms with E-state index in [2.05, 4.69) is 25.7 Å². The Hall–Kier alpha value is -0.160. The normalized spacial score (nSPS) is 28.6. The molecule has 1 rings (SSSR count). The Morgan fingerprint density at radius 3 is 2.58 bits per heavy atom. The van der Waals surface area contributed by atoms with E-state index in [1.807, 2.05) is 0 Å². The highest BCUT2D eigenvalue weighted by Crippen LogP contribution is 2.37. The van der Waals surface area contributed by atoms with Crippen LogP contribution in [0.4, 0.5) is 0 Å². The quantitative estimate of drug-likeness (QED) is 0.768. The number of nitrogens with two attached hydrogens (primary N) is 1. The van der Waals surface area contributed by atoms with Crippen molar-refractivity contribution in [3.8, 4) is 0 Å². The second-order valence-corrected chi connectivity index (χ2v) is 6.67. The Morgan fingerprint density at radius 1 is 1.32 bits per heavy atom. The van der Waals surface area contributed by atoms with Gasteiger partial charge in [-0.1, -0.05) is 13.8 Å². The van der Waals surface area contributed by atoms with Crippen molar-refractivity contribution in [2.75, 3.05) is 34.0 Å². The van der Waals surface area contributed by atoms with Crippen molar-refractivity contribution in [3.05, 3.63) is 0 Å². The van der Waals surface area contributed by atoms with E-state index in [1.54, 1.807) is 14.2 Å². The maximum absolute atomic E-state index is 6.38. The summed E-state index contributed by atoms with van der Waals surface area (Å²) in [5, 5.41) is 0. The minimum atomic E-state index is 0.268. The lowest BCUT2D eigenvalue weighted by Gasteiger charge is -2.46. The van der Waals surface area contributed by atoms with Crippen molar-refractivity contribution >= 4 is 0 Å². The van der Waals surface area contributed by atoms with Crippen LogP contribution >= 0.6 is 0 Å². The van der Waals surface area contributed by atoms with Gasteiger partial charge in [0.1, 0.15) is 0 Å². The van der Waals surface area contributed by atoms with Crippen LogP contribution in [0.25, 0.3) is 0 Å². The molecule has 114 valence electrons. The average Bonchev–Trinajstić information content (AvgIpc) is 2.34. The SMILES string of the molecule is COCCN(C(C)COC)C1CC(C)(C)CCC1N. The van der Waals surface area contributed by atoms with Gasteiger partial charge in [-0.15, -0.1) is 0 Å². The molecule has 1 fully saturated rings. The molecule has 4 nitrogen and oxygen atoms in total. The molecule has 1 saturated carbocycles. The van der Waals surface area contributed by atoms with Gasteiger partial charge in [-0.05, 0) is 31.6 Å². The van der Waals surface area contributed by atoms with E-state index < -0.39 is 0 Å². The fourth-order valence-electron chi connectivity index (χ4n) is 3.18. The summed E-state index contributed by atoms with van der Waals surface area (Å²) < 4.78 is 10.6. The van der Waals surface area contributed by atoms with Gasteiger partial charge in [0.05, 0.1) is 13.2 Å². The zero-order chi connectivity index (χ0) is 14.5. The molecule has 0 aromatic rings. The minimum absolute atomic E-state index is 0.268. The van der Waals surface area contributed by atoms with Gasteiger partial charge in [0.15, 0.2) is 0 Å². The van der Waals surface area contributed by atoms with Crippen molar-refractivity contribution in [2.45, 2.75) is 58.2 Å². The summed E-state index contributed by atoms with van der Waals surface area (Å²) in [7, 11) is 3.51. The topological polar surface area (TPSA) is 47.7 Å². The molecule has 3 atom stereocenters. The minimum Gasteiger partial charge on any atom is -0.383 e. The first kappa shape index (κ1) is 16.9. The summed E-state index contributed by atoms with van der Waals surface area (Å²) >= 11 is 0. The lowest BCUT2D eigenvalue weighted by molar-refractivity contribution is 0.00665. The van der Waals surface area contributed by atoms with Crippen molar-refractivity contribution in [1.29, 1.82) is 0 Å². The molecule has 19 heavy (non-hydrogen) atoms. The molecule has 0 saturated heterocycles. The van der Waals surface area contributed by atoms with Crippen LogP contribution in [0.3, 0.4) is 0 Å². The monoisotopic (exact) mass is 272 g/mol. The molecule has 1 aliphatic rings. The van der Waals surface area contributed by atoms with Gasteiger partial charge in [-0.3, -0.25) is 4.90 Å². The molecule has 0 aromatic carbocycles. The molecule has 0 aromatic heterocycles. The maximum atomic E-state index is 6.38. The predicted octanol–water partition coefficient (Wildman–Crippen LogP) is 1.88. The smallest absolute Gasteiger partial charge is 0.0615 e. The maximum Gasteiger partial charge on any atom is 0.0615 e. The van der Waals surface area contributed by atoms with Gasteiger partial charge in [0, 0.05) is 38.9 Å². The summed E-state index contributed by atoms with van der Waals surface area (Å²) in [4.78, 5) is 2.48. The average molecular weight is 272 g/mol. The van der Waals surface area contributed by atoms with E-state index in [-0.39, 0.29) is 6.04 Å². The Bertz CT molecular complexity index is 259. The molecule has 0 spiro atoms. The molecule has 0 aliphatic heterocycles. The van der Waals surface area contributed by atoms with Crippen molar-refractivity contribution in [1.82, 2.24) is 4.90 Å². The Kier molecular flexibility index (Phi) is 6.74. The summed E-state index contributed by atoms with van der Waals surface area (Å²) in [5.74, 6) is 0. The Labute approximate surface area is 118 Å². The van der Waals surface area contributed by atoms with Crippen LogP contribution in [0.1, 0.15) is 40.0 Å². The van der Waals surface area contributed by atoms with E-state index in [0.717, 1.165) is 32.6 Å². The predicted molar refractivity (Wildman–Crippen MR) is 79.3 cm³/mol. The molecule has 3 unspecified atom stereocenters. The molecule has 4 heteroatoms. The highest BCUT2D eigenvalue weighted by atomic mass is 16.5. The van der Waals surface area contributed by atoms with Gasteiger partial charge in [0.25, 0.3) is 0 Å². The van der Waals surface area contributed by atoms with Gasteiger partial charge in [-0.25, -0.2) is 0 Å². The lowest BCUT2D eigenvalue weighted by atomic mass is 9.72. The van der Waals surface area contributed by atoms with Crippen molar-refractivity contribution in [2.24, 2.45) is 11.1 Å². The number of hydrogen-bond donors (Lipinski definition) is 1. The second kappa shape index (κ2) is 7.58. The van der Waals surface area contributed by atoms with Crippen LogP contribution in [0.2, 0.25) is 0 Å². The summed E-state index contributed by atoms with van der Waals surface area (Å²) in [6.07, 6.45) is 3.49. The molecule has 1 aliphatic carbocycles. The van der Waals surface area contributed by atoms with Crippen molar-refractivity contribution < 1.29 is 9.47 Å². The molecule has 2 N–H and O–H groups in total. The first-order chi connectivity index (χ1) is 8.91. The zero-order valence-corrected chi connectivity index (χ0v) is 13.3. The number of rotatable bonds is 7. The largest absolute Gasteiger partial charge is 0.383 e. The third-order valence-corrected chi connectivity index (χ3v) is 4.36. The van der Waals surface area contributed by atoms with Gasteiger partial charge in [0.2, 0.25) is 0 Å². The van der Waals surface area contributed by atoms with Crippen LogP contribution in [-0.2, 0) is 9.47 Å². The number of hydrogen-bond acceptors (Lipinski definition) is 4. The van der Waals surface area contributed by atoms with Crippen LogP contribution in [-0.4, -0.2) is 57.0 Å². The van der Waals surface area contributed by atoms with Crippen LogP contribution in [0.5, 0.6) is 0 Å². The summed E-state index contributed by atoms with van der Waals surface area (Å²) in [6.45, 7) is 9.33. The summed E-state index contributed by atoms with van der Waals surface area (Å²) in [6, 6.07) is 1.08. The Balaban J connectivity index is 2.75. The van der Waals surface area contributed by atoms with E-state index in [4.69, 9.17) is 15.2 Å². The molecule has 0 bridgehead atoms. The number of methoxy groups -OCH3 is 2. The van der Waals surface area contributed by atoms with Crippen LogP contribution in [0, 0.1) is 5.41 Å². The first-order valence-corrected chi connectivity index (χ1v) is 7.40. The number of nitrogens with zero attached hydrogens (tertiary/aromatic N) is 1. The molecule has 0 heterocycles. The third-order valence-electron chi connectivity index (χ3n) is 4.36. The third kappa shape index (κ3) is 5.03. The van der Waals surface area contributed by atoms with Gasteiger partial charge >= 0.3 is 0 Å². The highest BCUT2D eigenvalue weighted by molar-refractivity contribution is 4.94. The van der Waals surface area contributed by atoms with Crippen LogP contribution < -0.4 is 5.73 Å². The summed E-state index contributed by atoms with van der Waals surface area (Å²) in [5.41, 5.74) is 6.77. The van der Waals surface area contributed by atoms with E-state index >= 15 is 0 Å². The van der Waals surface area contributed by atoms with Gasteiger partial charge in [-0.2, -0.15) is 0 Å². The van der Waals surface area contributed by atoms with Crippen molar-refractivity contribution in [3.63, 3.8) is 0 Å². The fraction of sp³-hybridized carbons (Fsp3) is 1.00. The number of ether oxygens (including phenoxy) is 2. The molecular weight excluding hydrogens is 240 g/mol. The lowest BCUT2D eigenvalue weighted by Crippen LogP contribution is -2.57. The molecular formula is C15H32N2O2. The standard InChI is InChI=1S/C15H32N2O2/c1-12(11-19-5)17(8-9-18-4)14-10-15(2,3)7-6-13(14)16/h12-14H,6-11,16H2,1-5H3. The first-order valence-electron chi connectivity index (χ1n) is 7.40. The van der Waals surface area contributed by atoms with Gasteiger partial charge < -0.3 is 15.2 Å². The highest BCUT2D eigenvalue weighted by Gasteiger charge is 2.37. The van der Waals surface area contributed by atoms with Crippen LogP contribution in [0.15, 0.2) is 0 Å². The zero-order valence-electron chi connectivity index (χ0n) is 13.3. The molecule has 0 radical (unpaired) electrons. The fourth-order valence-corrected chi connectivity index (χ4v) is 3.18. The second-order valence-electron chi connectivity index (χ2n) is 6.67. The van der Waals surface area contributed by atoms with E-state index in [1.165, 1.54) is 6.42 Å². The van der Waals surface area contributed by atoms with E-state index in [0.29, 0.717) is 17.5 Å². The Morgan fingerprint density at radius 2 is 2.00 bits per heavy atom. The van der Waals surface area contributed by atoms with E-state index in [9.17, 15) is 0 Å². The molecule has 0 amide bonds.